The lowest BCUT2D eigenvalue weighted by atomic mass is 10.0. The highest BCUT2D eigenvalue weighted by atomic mass is 16.4. The van der Waals surface area contributed by atoms with Crippen molar-refractivity contribution in [3.8, 4) is 12.3 Å². The molecule has 0 aromatic heterocycles. The Kier molecular flexibility index (Phi) is 5.79. The summed E-state index contributed by atoms with van der Waals surface area (Å²) in [4.78, 5) is 23.1. The topological polar surface area (TPSA) is 78.4 Å². The number of carbonyl (C=O) groups excluding carboxylic acids is 1. The maximum Gasteiger partial charge on any atom is 0.336 e. The first-order valence-electron chi connectivity index (χ1n) is 6.74. The van der Waals surface area contributed by atoms with Gasteiger partial charge in [-0.25, -0.2) is 9.59 Å². The van der Waals surface area contributed by atoms with Crippen molar-refractivity contribution in [3.05, 3.63) is 28.8 Å². The lowest BCUT2D eigenvalue weighted by Crippen LogP contribution is -2.37. The molecule has 0 saturated heterocycles. The standard InChI is InChI=1S/C16H20N2O3/c1-5-7-12(6-2)17-16(21)18-13-8-10(3)11(4)14(9-13)15(19)20/h1,8-9,12H,6-7H2,2-4H3,(H,19,20)(H2,17,18,21). The molecule has 3 N–H and O–H groups in total. The molecule has 0 radical (unpaired) electrons. The molecule has 0 spiro atoms. The molecular formula is C16H20N2O3. The van der Waals surface area contributed by atoms with Crippen LogP contribution in [0.25, 0.3) is 0 Å². The van der Waals surface area contributed by atoms with Gasteiger partial charge in [0.1, 0.15) is 0 Å². The van der Waals surface area contributed by atoms with Crippen LogP contribution in [0.3, 0.4) is 0 Å². The molecule has 0 aliphatic heterocycles. The first kappa shape index (κ1) is 16.6. The molecule has 112 valence electrons. The summed E-state index contributed by atoms with van der Waals surface area (Å²) in [5, 5.41) is 14.6. The monoisotopic (exact) mass is 288 g/mol. The highest BCUT2D eigenvalue weighted by Crippen LogP contribution is 2.20. The number of hydrogen-bond donors (Lipinski definition) is 3. The summed E-state index contributed by atoms with van der Waals surface area (Å²) in [5.74, 6) is 1.49. The van der Waals surface area contributed by atoms with Crippen LogP contribution in [0.5, 0.6) is 0 Å². The third-order valence-corrected chi connectivity index (χ3v) is 3.35. The number of carboxylic acids is 1. The van der Waals surface area contributed by atoms with Crippen molar-refractivity contribution in [1.82, 2.24) is 5.32 Å². The van der Waals surface area contributed by atoms with Gasteiger partial charge in [-0.3, -0.25) is 0 Å². The molecule has 0 saturated carbocycles. The Balaban J connectivity index is 2.86. The molecule has 2 amide bonds. The molecule has 0 aliphatic carbocycles. The van der Waals surface area contributed by atoms with Gasteiger partial charge >= 0.3 is 12.0 Å². The normalized spacial score (nSPS) is 11.3. The highest BCUT2D eigenvalue weighted by molar-refractivity contribution is 5.94. The molecule has 1 atom stereocenters. The number of urea groups is 1. The Morgan fingerprint density at radius 1 is 1.38 bits per heavy atom. The molecule has 1 unspecified atom stereocenters. The van der Waals surface area contributed by atoms with E-state index >= 15 is 0 Å². The van der Waals surface area contributed by atoms with E-state index in [1.165, 1.54) is 6.07 Å². The number of rotatable bonds is 5. The van der Waals surface area contributed by atoms with Crippen LogP contribution in [0.4, 0.5) is 10.5 Å². The van der Waals surface area contributed by atoms with E-state index in [4.69, 9.17) is 11.5 Å². The molecule has 0 aliphatic rings. The second-order valence-electron chi connectivity index (χ2n) is 4.88. The van der Waals surface area contributed by atoms with Crippen LogP contribution in [0, 0.1) is 26.2 Å². The maximum atomic E-state index is 11.9. The van der Waals surface area contributed by atoms with Gasteiger partial charge in [-0.1, -0.05) is 6.92 Å². The number of carboxylic acid groups (broad SMARTS) is 1. The summed E-state index contributed by atoms with van der Waals surface area (Å²) < 4.78 is 0. The number of hydrogen-bond acceptors (Lipinski definition) is 2. The number of terminal acetylenes is 1. The third-order valence-electron chi connectivity index (χ3n) is 3.35. The summed E-state index contributed by atoms with van der Waals surface area (Å²) >= 11 is 0. The van der Waals surface area contributed by atoms with Crippen LogP contribution in [-0.2, 0) is 0 Å². The van der Waals surface area contributed by atoms with Crippen LogP contribution in [0.15, 0.2) is 12.1 Å². The van der Waals surface area contributed by atoms with Crippen molar-refractivity contribution in [2.75, 3.05) is 5.32 Å². The minimum absolute atomic E-state index is 0.0968. The summed E-state index contributed by atoms with van der Waals surface area (Å²) in [6.45, 7) is 5.47. The van der Waals surface area contributed by atoms with Crippen molar-refractivity contribution in [2.45, 2.75) is 39.7 Å². The fourth-order valence-electron chi connectivity index (χ4n) is 1.95. The van der Waals surface area contributed by atoms with Crippen molar-refractivity contribution in [2.24, 2.45) is 0 Å². The minimum Gasteiger partial charge on any atom is -0.478 e. The van der Waals surface area contributed by atoms with Crippen molar-refractivity contribution < 1.29 is 14.7 Å². The Bertz CT molecular complexity index is 588. The van der Waals surface area contributed by atoms with Crippen LogP contribution >= 0.6 is 0 Å². The van der Waals surface area contributed by atoms with E-state index in [1.807, 2.05) is 6.92 Å². The molecule has 21 heavy (non-hydrogen) atoms. The van der Waals surface area contributed by atoms with Crippen LogP contribution < -0.4 is 10.6 Å². The predicted octanol–water partition coefficient (Wildman–Crippen LogP) is 2.93. The zero-order valence-electron chi connectivity index (χ0n) is 12.5. The number of anilines is 1. The smallest absolute Gasteiger partial charge is 0.336 e. The number of aryl methyl sites for hydroxylation is 1. The Morgan fingerprint density at radius 3 is 2.57 bits per heavy atom. The van der Waals surface area contributed by atoms with E-state index in [2.05, 4.69) is 16.6 Å². The van der Waals surface area contributed by atoms with Gasteiger partial charge in [0.25, 0.3) is 0 Å². The fourth-order valence-corrected chi connectivity index (χ4v) is 1.95. The maximum absolute atomic E-state index is 11.9. The molecule has 0 heterocycles. The van der Waals surface area contributed by atoms with E-state index in [9.17, 15) is 9.59 Å². The van der Waals surface area contributed by atoms with Crippen LogP contribution in [0.2, 0.25) is 0 Å². The van der Waals surface area contributed by atoms with Gasteiger partial charge in [-0.2, -0.15) is 0 Å². The van der Waals surface area contributed by atoms with Crippen molar-refractivity contribution >= 4 is 17.7 Å². The lowest BCUT2D eigenvalue weighted by molar-refractivity contribution is 0.0696. The average Bonchev–Trinajstić information content (AvgIpc) is 2.41. The Labute approximate surface area is 124 Å². The zero-order chi connectivity index (χ0) is 16.0. The van der Waals surface area contributed by atoms with Gasteiger partial charge in [0.05, 0.1) is 5.56 Å². The van der Waals surface area contributed by atoms with Crippen LogP contribution in [-0.4, -0.2) is 23.1 Å². The average molecular weight is 288 g/mol. The second kappa shape index (κ2) is 7.34. The van der Waals surface area contributed by atoms with Crippen molar-refractivity contribution in [3.63, 3.8) is 0 Å². The molecule has 5 nitrogen and oxygen atoms in total. The predicted molar refractivity (Wildman–Crippen MR) is 82.6 cm³/mol. The van der Waals surface area contributed by atoms with Gasteiger partial charge in [0.2, 0.25) is 0 Å². The van der Waals surface area contributed by atoms with Gasteiger partial charge in [0, 0.05) is 18.2 Å². The molecule has 1 aromatic rings. The molecule has 1 aromatic carbocycles. The van der Waals surface area contributed by atoms with Crippen molar-refractivity contribution in [1.29, 1.82) is 0 Å². The summed E-state index contributed by atoms with van der Waals surface area (Å²) in [5.41, 5.74) is 2.12. The second-order valence-corrected chi connectivity index (χ2v) is 4.88. The zero-order valence-corrected chi connectivity index (χ0v) is 12.5. The lowest BCUT2D eigenvalue weighted by Gasteiger charge is -2.16. The van der Waals surface area contributed by atoms with Gasteiger partial charge in [0.15, 0.2) is 0 Å². The fraction of sp³-hybridized carbons (Fsp3) is 0.375. The highest BCUT2D eigenvalue weighted by Gasteiger charge is 2.13. The molecule has 0 fully saturated rings. The van der Waals surface area contributed by atoms with Crippen LogP contribution in [0.1, 0.15) is 41.3 Å². The number of carbonyl (C=O) groups is 2. The molecule has 5 heteroatoms. The number of benzene rings is 1. The van der Waals surface area contributed by atoms with Gasteiger partial charge < -0.3 is 15.7 Å². The molecular weight excluding hydrogens is 268 g/mol. The molecule has 1 rings (SSSR count). The molecule has 0 bridgehead atoms. The van der Waals surface area contributed by atoms with E-state index < -0.39 is 12.0 Å². The number of amides is 2. The Morgan fingerprint density at radius 2 is 2.05 bits per heavy atom. The Hall–Kier alpha value is -2.48. The largest absolute Gasteiger partial charge is 0.478 e. The summed E-state index contributed by atoms with van der Waals surface area (Å²) in [6.07, 6.45) is 6.42. The van der Waals surface area contributed by atoms with Gasteiger partial charge in [-0.05, 0) is 43.5 Å². The first-order chi connectivity index (χ1) is 9.88. The first-order valence-corrected chi connectivity index (χ1v) is 6.74. The SMILES string of the molecule is C#CCC(CC)NC(=O)Nc1cc(C)c(C)c(C(=O)O)c1. The van der Waals surface area contributed by atoms with E-state index in [0.717, 1.165) is 12.0 Å². The van der Waals surface area contributed by atoms with E-state index in [-0.39, 0.29) is 11.6 Å². The van der Waals surface area contributed by atoms with E-state index in [0.29, 0.717) is 17.7 Å². The quantitative estimate of drug-likeness (QED) is 0.729. The third kappa shape index (κ3) is 4.53. The number of nitrogens with one attached hydrogen (secondary N) is 2. The van der Waals surface area contributed by atoms with Gasteiger partial charge in [-0.15, -0.1) is 12.3 Å². The summed E-state index contributed by atoms with van der Waals surface area (Å²) in [6, 6.07) is 2.70. The minimum atomic E-state index is -1.02. The summed E-state index contributed by atoms with van der Waals surface area (Å²) in [7, 11) is 0. The number of aromatic carboxylic acids is 1. The van der Waals surface area contributed by atoms with E-state index in [1.54, 1.807) is 19.9 Å².